The molecule has 0 saturated carbocycles. The molecule has 184 valence electrons. The summed E-state index contributed by atoms with van der Waals surface area (Å²) >= 11 is 0. The third-order valence-corrected chi connectivity index (χ3v) is 8.42. The summed E-state index contributed by atoms with van der Waals surface area (Å²) in [5.74, 6) is -0.135. The van der Waals surface area contributed by atoms with Crippen molar-refractivity contribution in [1.82, 2.24) is 20.2 Å². The van der Waals surface area contributed by atoms with E-state index in [0.717, 1.165) is 51.1 Å². The number of ether oxygens (including phenoxy) is 1. The number of nitrogens with one attached hydrogen (secondary N) is 2. The van der Waals surface area contributed by atoms with Crippen LogP contribution in [-0.4, -0.2) is 94.8 Å². The van der Waals surface area contributed by atoms with E-state index in [1.807, 2.05) is 6.07 Å². The van der Waals surface area contributed by atoms with Crippen LogP contribution in [-0.2, 0) is 14.6 Å². The molecule has 10 nitrogen and oxygen atoms in total. The van der Waals surface area contributed by atoms with Gasteiger partial charge in [-0.05, 0) is 31.4 Å². The van der Waals surface area contributed by atoms with Crippen LogP contribution in [0, 0.1) is 0 Å². The van der Waals surface area contributed by atoms with Crippen LogP contribution in [0.5, 0.6) is 0 Å². The van der Waals surface area contributed by atoms with Gasteiger partial charge in [-0.15, -0.1) is 0 Å². The van der Waals surface area contributed by atoms with Crippen molar-refractivity contribution in [3.63, 3.8) is 0 Å². The molecule has 34 heavy (non-hydrogen) atoms. The van der Waals surface area contributed by atoms with Crippen LogP contribution < -0.4 is 15.1 Å². The van der Waals surface area contributed by atoms with Gasteiger partial charge in [-0.2, -0.15) is 0 Å². The van der Waals surface area contributed by atoms with Crippen molar-refractivity contribution in [1.29, 1.82) is 0 Å². The van der Waals surface area contributed by atoms with Crippen LogP contribution in [0.15, 0.2) is 34.6 Å². The Balaban J connectivity index is 1.67. The van der Waals surface area contributed by atoms with Gasteiger partial charge in [0.1, 0.15) is 0 Å². The fourth-order valence-electron chi connectivity index (χ4n) is 4.93. The molecule has 11 heteroatoms. The summed E-state index contributed by atoms with van der Waals surface area (Å²) in [6.45, 7) is 6.67. The van der Waals surface area contributed by atoms with Gasteiger partial charge in [-0.1, -0.05) is 0 Å². The normalized spacial score (nSPS) is 19.9. The number of sulfone groups is 1. The van der Waals surface area contributed by atoms with Crippen molar-refractivity contribution in [2.24, 2.45) is 0 Å². The van der Waals surface area contributed by atoms with Crippen LogP contribution in [0.1, 0.15) is 29.6 Å². The maximum absolute atomic E-state index is 13.7. The summed E-state index contributed by atoms with van der Waals surface area (Å²) in [5.41, 5.74) is 1.86. The van der Waals surface area contributed by atoms with E-state index in [9.17, 15) is 13.2 Å². The first-order valence-electron chi connectivity index (χ1n) is 12.1. The van der Waals surface area contributed by atoms with Gasteiger partial charge in [-0.25, -0.2) is 13.4 Å². The number of hydrogen-bond donors (Lipinski definition) is 2. The van der Waals surface area contributed by atoms with E-state index in [0.29, 0.717) is 50.6 Å². The number of carbonyl (C=O) groups is 1. The van der Waals surface area contributed by atoms with E-state index in [-0.39, 0.29) is 16.0 Å². The van der Waals surface area contributed by atoms with Gasteiger partial charge in [0.2, 0.25) is 15.0 Å². The summed E-state index contributed by atoms with van der Waals surface area (Å²) in [4.78, 5) is 26.7. The number of aromatic nitrogens is 2. The van der Waals surface area contributed by atoms with Crippen molar-refractivity contribution in [2.45, 2.75) is 29.3 Å². The first-order chi connectivity index (χ1) is 16.6. The smallest absolute Gasteiger partial charge is 0.256 e. The molecule has 1 aromatic carbocycles. The summed E-state index contributed by atoms with van der Waals surface area (Å²) < 4.78 is 33.0. The van der Waals surface area contributed by atoms with E-state index in [1.165, 1.54) is 12.4 Å². The van der Waals surface area contributed by atoms with Crippen molar-refractivity contribution in [3.8, 4) is 0 Å². The van der Waals surface area contributed by atoms with Crippen molar-refractivity contribution < 1.29 is 17.9 Å². The number of carbonyl (C=O) groups excluding carboxylic acids is 1. The fraction of sp³-hybridized carbons (Fsp3) is 0.565. The number of piperidine rings is 1. The van der Waals surface area contributed by atoms with Crippen LogP contribution in [0.2, 0.25) is 0 Å². The number of hydrogen-bond acceptors (Lipinski definition) is 8. The number of H-pyrrole nitrogens is 1. The Morgan fingerprint density at radius 2 is 1.62 bits per heavy atom. The zero-order valence-corrected chi connectivity index (χ0v) is 20.1. The molecule has 5 rings (SSSR count). The largest absolute Gasteiger partial charge is 0.378 e. The molecular weight excluding hydrogens is 456 g/mol. The molecule has 1 amide bonds. The van der Waals surface area contributed by atoms with Gasteiger partial charge in [0.05, 0.1) is 35.0 Å². The first kappa shape index (κ1) is 23.1. The van der Waals surface area contributed by atoms with E-state index in [1.54, 1.807) is 11.0 Å². The molecule has 0 atom stereocenters. The van der Waals surface area contributed by atoms with E-state index >= 15 is 0 Å². The maximum Gasteiger partial charge on any atom is 0.256 e. The standard InChI is InChI=1S/C23H32N6O4S/c30-22(29-10-6-24-7-11-29)18-16-21(34(31,32)23-25-4-5-26-23)20(27-8-2-1-3-9-27)17-19(18)28-12-14-33-15-13-28/h4-5,16-17,24H,1-3,6-15H2,(H,25,26). The van der Waals surface area contributed by atoms with Crippen molar-refractivity contribution >= 4 is 27.1 Å². The minimum absolute atomic E-state index is 0.106. The Kier molecular flexibility index (Phi) is 6.75. The zero-order chi connectivity index (χ0) is 23.5. The Labute approximate surface area is 200 Å². The van der Waals surface area contributed by atoms with Gasteiger partial charge in [0.15, 0.2) is 0 Å². The van der Waals surface area contributed by atoms with Gasteiger partial charge in [-0.3, -0.25) is 4.79 Å². The Hall–Kier alpha value is -2.63. The summed E-state index contributed by atoms with van der Waals surface area (Å²) in [5, 5.41) is 3.16. The molecule has 0 unspecified atom stereocenters. The third kappa shape index (κ3) is 4.51. The lowest BCUT2D eigenvalue weighted by Crippen LogP contribution is -2.47. The average molecular weight is 489 g/mol. The first-order valence-corrected chi connectivity index (χ1v) is 13.5. The number of aromatic amines is 1. The van der Waals surface area contributed by atoms with Gasteiger partial charge < -0.3 is 29.7 Å². The lowest BCUT2D eigenvalue weighted by Gasteiger charge is -2.36. The second-order valence-corrected chi connectivity index (χ2v) is 10.8. The minimum atomic E-state index is -3.94. The number of benzene rings is 1. The Morgan fingerprint density at radius 1 is 0.912 bits per heavy atom. The highest BCUT2D eigenvalue weighted by atomic mass is 32.2. The van der Waals surface area contributed by atoms with Crippen molar-refractivity contribution in [2.75, 3.05) is 75.4 Å². The lowest BCUT2D eigenvalue weighted by molar-refractivity contribution is 0.0735. The maximum atomic E-state index is 13.7. The van der Waals surface area contributed by atoms with E-state index < -0.39 is 9.84 Å². The number of amides is 1. The molecular formula is C23H32N6O4S. The molecule has 3 fully saturated rings. The number of anilines is 2. The van der Waals surface area contributed by atoms with Gasteiger partial charge >= 0.3 is 0 Å². The predicted molar refractivity (Wildman–Crippen MR) is 128 cm³/mol. The number of nitrogens with zero attached hydrogens (tertiary/aromatic N) is 4. The van der Waals surface area contributed by atoms with Gasteiger partial charge in [0, 0.05) is 64.8 Å². The number of imidazole rings is 1. The topological polar surface area (TPSA) is 111 Å². The van der Waals surface area contributed by atoms with E-state index in [2.05, 4.69) is 25.1 Å². The molecule has 0 bridgehead atoms. The average Bonchev–Trinajstić information content (AvgIpc) is 3.45. The minimum Gasteiger partial charge on any atom is -0.378 e. The SMILES string of the molecule is O=C(c1cc(S(=O)(=O)c2ncc[nH]2)c(N2CCCCC2)cc1N1CCOCC1)N1CCNCC1. The number of rotatable bonds is 5. The molecule has 1 aromatic heterocycles. The summed E-state index contributed by atoms with van der Waals surface area (Å²) in [6.07, 6.45) is 6.08. The van der Waals surface area contributed by atoms with Crippen LogP contribution in [0.3, 0.4) is 0 Å². The molecule has 2 aromatic rings. The second-order valence-electron chi connectivity index (χ2n) is 8.92. The third-order valence-electron chi connectivity index (χ3n) is 6.78. The van der Waals surface area contributed by atoms with Crippen LogP contribution >= 0.6 is 0 Å². The Morgan fingerprint density at radius 3 is 2.29 bits per heavy atom. The molecule has 2 N–H and O–H groups in total. The van der Waals surface area contributed by atoms with E-state index in [4.69, 9.17) is 4.74 Å². The Bertz CT molecular complexity index is 1100. The predicted octanol–water partition coefficient (Wildman–Crippen LogP) is 1.11. The fourth-order valence-corrected chi connectivity index (χ4v) is 6.30. The summed E-state index contributed by atoms with van der Waals surface area (Å²) in [7, 11) is -3.94. The summed E-state index contributed by atoms with van der Waals surface area (Å²) in [6, 6.07) is 3.51. The van der Waals surface area contributed by atoms with Crippen LogP contribution in [0.25, 0.3) is 0 Å². The zero-order valence-electron chi connectivity index (χ0n) is 19.3. The molecule has 0 aliphatic carbocycles. The molecule has 3 aliphatic heterocycles. The molecule has 0 spiro atoms. The quantitative estimate of drug-likeness (QED) is 0.644. The number of piperazine rings is 1. The molecule has 4 heterocycles. The van der Waals surface area contributed by atoms with Gasteiger partial charge in [0.25, 0.3) is 5.91 Å². The highest BCUT2D eigenvalue weighted by Crippen LogP contribution is 2.38. The lowest BCUT2D eigenvalue weighted by atomic mass is 10.1. The van der Waals surface area contributed by atoms with Crippen LogP contribution in [0.4, 0.5) is 11.4 Å². The highest BCUT2D eigenvalue weighted by molar-refractivity contribution is 7.91. The van der Waals surface area contributed by atoms with Crippen molar-refractivity contribution in [3.05, 3.63) is 30.1 Å². The molecule has 3 aliphatic rings. The molecule has 3 saturated heterocycles. The number of morpholine rings is 1. The second kappa shape index (κ2) is 9.93. The monoisotopic (exact) mass is 488 g/mol. The highest BCUT2D eigenvalue weighted by Gasteiger charge is 2.33. The molecule has 0 radical (unpaired) electrons.